The first-order valence-electron chi connectivity index (χ1n) is 10.8. The van der Waals surface area contributed by atoms with E-state index < -0.39 is 73.5 Å². The fourth-order valence-electron chi connectivity index (χ4n) is 4.48. The van der Waals surface area contributed by atoms with Crippen LogP contribution >= 0.6 is 0 Å². The first-order chi connectivity index (χ1) is 16.6. The molecule has 3 aliphatic rings. The van der Waals surface area contributed by atoms with Crippen molar-refractivity contribution in [2.75, 3.05) is 6.61 Å². The van der Waals surface area contributed by atoms with Gasteiger partial charge in [-0.3, -0.25) is 0 Å². The molecule has 0 amide bonds. The maximum atomic E-state index is 12.2. The number of hydrogen-bond donors (Lipinski definition) is 6. The highest BCUT2D eigenvalue weighted by Gasteiger charge is 2.52. The Morgan fingerprint density at radius 1 is 1.03 bits per heavy atom. The van der Waals surface area contributed by atoms with Crippen LogP contribution in [-0.4, -0.2) is 92.3 Å². The summed E-state index contributed by atoms with van der Waals surface area (Å²) in [6, 6.07) is 5.25. The van der Waals surface area contributed by atoms with E-state index in [-0.39, 0.29) is 28.9 Å². The smallest absolute Gasteiger partial charge is 0.338 e. The molecule has 0 radical (unpaired) electrons. The minimum Gasteiger partial charge on any atom is -0.508 e. The number of phenolic OH excluding ortho intramolecular Hbond substituents is 1. The molecule has 1 saturated carbocycles. The molecule has 4 rings (SSSR count). The summed E-state index contributed by atoms with van der Waals surface area (Å²) in [5.41, 5.74) is 0.353. The van der Waals surface area contributed by atoms with Gasteiger partial charge in [-0.25, -0.2) is 9.59 Å². The van der Waals surface area contributed by atoms with Crippen LogP contribution in [-0.2, 0) is 23.7 Å². The number of hydrogen-bond acceptors (Lipinski definition) is 11. The molecule has 2 heterocycles. The molecule has 0 unspecified atom stereocenters. The van der Waals surface area contributed by atoms with Gasteiger partial charge < -0.3 is 49.6 Å². The van der Waals surface area contributed by atoms with E-state index in [9.17, 15) is 40.2 Å². The van der Waals surface area contributed by atoms with Gasteiger partial charge in [0.1, 0.15) is 36.8 Å². The van der Waals surface area contributed by atoms with Crippen molar-refractivity contribution in [3.63, 3.8) is 0 Å². The molecule has 9 atom stereocenters. The Labute approximate surface area is 199 Å². The van der Waals surface area contributed by atoms with Gasteiger partial charge in [0.05, 0.1) is 29.4 Å². The maximum Gasteiger partial charge on any atom is 0.338 e. The Morgan fingerprint density at radius 3 is 2.37 bits per heavy atom. The number of carboxylic acid groups (broad SMARTS) is 1. The number of carbonyl (C=O) groups is 2. The zero-order valence-corrected chi connectivity index (χ0v) is 18.3. The number of rotatable bonds is 6. The topological polar surface area (TPSA) is 192 Å². The Morgan fingerprint density at radius 2 is 1.71 bits per heavy atom. The molecule has 35 heavy (non-hydrogen) atoms. The number of aliphatic carboxylic acids is 1. The van der Waals surface area contributed by atoms with E-state index in [1.165, 1.54) is 24.3 Å². The summed E-state index contributed by atoms with van der Waals surface area (Å²) in [5.74, 6) is -3.47. The first kappa shape index (κ1) is 25.1. The third kappa shape index (κ3) is 4.89. The van der Waals surface area contributed by atoms with Crippen molar-refractivity contribution in [1.82, 2.24) is 0 Å². The molecule has 1 aliphatic carbocycles. The zero-order chi connectivity index (χ0) is 25.4. The summed E-state index contributed by atoms with van der Waals surface area (Å²) in [7, 11) is 0. The largest absolute Gasteiger partial charge is 0.508 e. The number of ether oxygens (including phenoxy) is 4. The summed E-state index contributed by atoms with van der Waals surface area (Å²) in [5, 5.41) is 60.0. The predicted octanol–water partition coefficient (Wildman–Crippen LogP) is -0.749. The maximum absolute atomic E-state index is 12.2. The SMILES string of the molecule is C=C1[C@H]2[C@@H](O[C@@H]3O[C@H](COC(=O)c4ccc(O)cc4)[C@@H](O)[C@H](O)[C@H]3O)OC=C(C(=O)O)[C@H]2C[C@H]1O. The molecule has 0 spiro atoms. The summed E-state index contributed by atoms with van der Waals surface area (Å²) < 4.78 is 21.8. The van der Waals surface area contributed by atoms with E-state index in [1.807, 2.05) is 0 Å². The van der Waals surface area contributed by atoms with Gasteiger partial charge >= 0.3 is 11.9 Å². The molecule has 0 bridgehead atoms. The minimum atomic E-state index is -1.73. The van der Waals surface area contributed by atoms with Crippen molar-refractivity contribution in [3.8, 4) is 5.75 Å². The number of carbonyl (C=O) groups excluding carboxylic acids is 1. The van der Waals surface area contributed by atoms with E-state index in [2.05, 4.69) is 6.58 Å². The third-order valence-electron chi connectivity index (χ3n) is 6.45. The van der Waals surface area contributed by atoms with E-state index in [1.54, 1.807) is 0 Å². The Hall–Kier alpha value is -3.00. The average Bonchev–Trinajstić information content (AvgIpc) is 3.13. The molecule has 2 aliphatic heterocycles. The standard InChI is InChI=1S/C23H26O12/c1-9-14(25)6-12-13(20(29)30)7-33-22(16(9)12)35-23-19(28)18(27)17(26)15(34-23)8-32-21(31)10-2-4-11(24)5-3-10/h2-5,7,12,14-19,22-28H,1,6,8H2,(H,29,30)/t12-,14-,15-,16-,17-,18+,19-,22-,23+/m1/s1. The van der Waals surface area contributed by atoms with Crippen LogP contribution in [0.1, 0.15) is 16.8 Å². The number of carboxylic acids is 1. The van der Waals surface area contributed by atoms with Gasteiger partial charge in [-0.15, -0.1) is 0 Å². The highest BCUT2D eigenvalue weighted by molar-refractivity contribution is 5.89. The highest BCUT2D eigenvalue weighted by atomic mass is 16.8. The fraction of sp³-hybridized carbons (Fsp3) is 0.478. The van der Waals surface area contributed by atoms with E-state index in [0.717, 1.165) is 6.26 Å². The summed E-state index contributed by atoms with van der Waals surface area (Å²) >= 11 is 0. The Balaban J connectivity index is 1.45. The molecule has 2 fully saturated rings. The Kier molecular flexibility index (Phi) is 7.12. The number of phenols is 1. The van der Waals surface area contributed by atoms with Crippen LogP contribution in [0.25, 0.3) is 0 Å². The van der Waals surface area contributed by atoms with Crippen LogP contribution in [0.2, 0.25) is 0 Å². The van der Waals surface area contributed by atoms with E-state index in [4.69, 9.17) is 18.9 Å². The molecular formula is C23H26O12. The van der Waals surface area contributed by atoms with Crippen LogP contribution in [0.3, 0.4) is 0 Å². The molecule has 12 nitrogen and oxygen atoms in total. The molecule has 1 saturated heterocycles. The number of aromatic hydroxyl groups is 1. The van der Waals surface area contributed by atoms with Crippen LogP contribution in [0.4, 0.5) is 0 Å². The third-order valence-corrected chi connectivity index (χ3v) is 6.45. The van der Waals surface area contributed by atoms with Gasteiger partial charge in [-0.05, 0) is 36.3 Å². The molecule has 1 aromatic carbocycles. The normalized spacial score (nSPS) is 36.6. The second kappa shape index (κ2) is 9.93. The van der Waals surface area contributed by atoms with Gasteiger partial charge in [-0.1, -0.05) is 6.58 Å². The van der Waals surface area contributed by atoms with Crippen LogP contribution < -0.4 is 0 Å². The van der Waals surface area contributed by atoms with Crippen molar-refractivity contribution >= 4 is 11.9 Å². The van der Waals surface area contributed by atoms with Gasteiger partial charge in [0, 0.05) is 5.92 Å². The number of benzene rings is 1. The second-order valence-electron chi connectivity index (χ2n) is 8.64. The van der Waals surface area contributed by atoms with Gasteiger partial charge in [0.2, 0.25) is 6.29 Å². The number of fused-ring (bicyclic) bond motifs is 1. The highest BCUT2D eigenvalue weighted by Crippen LogP contribution is 2.46. The molecular weight excluding hydrogens is 468 g/mol. The quantitative estimate of drug-likeness (QED) is 0.214. The monoisotopic (exact) mass is 494 g/mol. The lowest BCUT2D eigenvalue weighted by Gasteiger charge is -2.42. The molecule has 12 heteroatoms. The van der Waals surface area contributed by atoms with Crippen molar-refractivity contribution in [2.45, 2.75) is 49.5 Å². The zero-order valence-electron chi connectivity index (χ0n) is 18.3. The van der Waals surface area contributed by atoms with Crippen molar-refractivity contribution < 1.29 is 59.2 Å². The first-order valence-corrected chi connectivity index (χ1v) is 10.8. The summed E-state index contributed by atoms with van der Waals surface area (Å²) in [6.07, 6.45) is -9.03. The number of aliphatic hydroxyl groups excluding tert-OH is 4. The Bertz CT molecular complexity index is 1000. The van der Waals surface area contributed by atoms with Crippen LogP contribution in [0.15, 0.2) is 48.3 Å². The van der Waals surface area contributed by atoms with Gasteiger partial charge in [-0.2, -0.15) is 0 Å². The van der Waals surface area contributed by atoms with Crippen LogP contribution in [0, 0.1) is 11.8 Å². The number of esters is 1. The van der Waals surface area contributed by atoms with E-state index >= 15 is 0 Å². The fourth-order valence-corrected chi connectivity index (χ4v) is 4.48. The molecule has 190 valence electrons. The number of aliphatic hydroxyl groups is 4. The second-order valence-corrected chi connectivity index (χ2v) is 8.64. The van der Waals surface area contributed by atoms with Crippen molar-refractivity contribution in [1.29, 1.82) is 0 Å². The van der Waals surface area contributed by atoms with Crippen LogP contribution in [0.5, 0.6) is 5.75 Å². The lowest BCUT2D eigenvalue weighted by atomic mass is 9.85. The molecule has 0 aromatic heterocycles. The van der Waals surface area contributed by atoms with Gasteiger partial charge in [0.15, 0.2) is 6.29 Å². The lowest BCUT2D eigenvalue weighted by Crippen LogP contribution is -2.60. The summed E-state index contributed by atoms with van der Waals surface area (Å²) in [4.78, 5) is 23.8. The lowest BCUT2D eigenvalue weighted by molar-refractivity contribution is -0.339. The predicted molar refractivity (Wildman–Crippen MR) is 113 cm³/mol. The minimum absolute atomic E-state index is 0.0420. The average molecular weight is 494 g/mol. The van der Waals surface area contributed by atoms with Crippen molar-refractivity contribution in [2.24, 2.45) is 11.8 Å². The summed E-state index contributed by atoms with van der Waals surface area (Å²) in [6.45, 7) is 3.30. The molecule has 6 N–H and O–H groups in total. The van der Waals surface area contributed by atoms with Crippen molar-refractivity contribution in [3.05, 3.63) is 53.8 Å². The van der Waals surface area contributed by atoms with E-state index in [0.29, 0.717) is 0 Å². The van der Waals surface area contributed by atoms with Gasteiger partial charge in [0.25, 0.3) is 0 Å². The molecule has 1 aromatic rings.